The van der Waals surface area contributed by atoms with Gasteiger partial charge in [-0.2, -0.15) is 17.9 Å². The van der Waals surface area contributed by atoms with Crippen LogP contribution in [-0.4, -0.2) is 68.3 Å². The summed E-state index contributed by atoms with van der Waals surface area (Å²) >= 11 is 0. The van der Waals surface area contributed by atoms with Crippen LogP contribution in [0.15, 0.2) is 78.9 Å². The van der Waals surface area contributed by atoms with Crippen molar-refractivity contribution >= 4 is 0 Å². The fourth-order valence-electron chi connectivity index (χ4n) is 6.57. The van der Waals surface area contributed by atoms with E-state index >= 15 is 0 Å². The lowest BCUT2D eigenvalue weighted by Crippen LogP contribution is -2.57. The van der Waals surface area contributed by atoms with E-state index in [2.05, 4.69) is 86.0 Å². The van der Waals surface area contributed by atoms with Gasteiger partial charge in [-0.15, -0.1) is 5.10 Å². The third kappa shape index (κ3) is 5.91. The number of piperazine rings is 1. The molecule has 0 aliphatic carbocycles. The van der Waals surface area contributed by atoms with Gasteiger partial charge in [0, 0.05) is 43.2 Å². The van der Waals surface area contributed by atoms with Crippen molar-refractivity contribution in [3.8, 4) is 11.4 Å². The summed E-state index contributed by atoms with van der Waals surface area (Å²) in [6.07, 6.45) is -1.56. The molecule has 2 atom stereocenters. The molecule has 7 nitrogen and oxygen atoms in total. The van der Waals surface area contributed by atoms with Crippen molar-refractivity contribution in [2.75, 3.05) is 26.2 Å². The lowest BCUT2D eigenvalue weighted by Gasteiger charge is -2.47. The number of tetrazole rings is 1. The Morgan fingerprint density at radius 1 is 0.952 bits per heavy atom. The molecule has 0 N–H and O–H groups in total. The molecule has 2 aliphatic rings. The highest BCUT2D eigenvalue weighted by molar-refractivity contribution is 5.44. The summed E-state index contributed by atoms with van der Waals surface area (Å²) < 4.78 is 47.7. The second kappa shape index (κ2) is 12.2. The molecule has 3 heterocycles. The van der Waals surface area contributed by atoms with Gasteiger partial charge in [-0.3, -0.25) is 9.80 Å². The Hall–Kier alpha value is -3.76. The van der Waals surface area contributed by atoms with E-state index in [1.54, 1.807) is 18.2 Å². The number of hydrogen-bond donors (Lipinski definition) is 0. The molecule has 3 aromatic carbocycles. The lowest BCUT2D eigenvalue weighted by molar-refractivity contribution is -0.146. The number of halogens is 3. The third-order valence-corrected chi connectivity index (χ3v) is 8.33. The van der Waals surface area contributed by atoms with E-state index in [9.17, 15) is 13.2 Å². The number of ether oxygens (including phenoxy) is 1. The average Bonchev–Trinajstić information content (AvgIpc) is 3.68. The molecule has 220 valence electrons. The maximum absolute atomic E-state index is 13.6. The minimum atomic E-state index is -4.67. The zero-order valence-electron chi connectivity index (χ0n) is 23.6. The predicted octanol–water partition coefficient (Wildman–Crippen LogP) is 5.95. The molecule has 1 aromatic heterocycles. The van der Waals surface area contributed by atoms with Crippen molar-refractivity contribution in [2.24, 2.45) is 0 Å². The Morgan fingerprint density at radius 2 is 1.67 bits per heavy atom. The van der Waals surface area contributed by atoms with Gasteiger partial charge in [0.1, 0.15) is 5.75 Å². The largest absolute Gasteiger partial charge is 0.493 e. The molecule has 6 rings (SSSR count). The third-order valence-electron chi connectivity index (χ3n) is 8.33. The monoisotopic (exact) mass is 576 g/mol. The number of benzene rings is 3. The van der Waals surface area contributed by atoms with Crippen LogP contribution in [0.2, 0.25) is 0 Å². The first-order valence-electron chi connectivity index (χ1n) is 14.6. The first-order chi connectivity index (χ1) is 20.4. The van der Waals surface area contributed by atoms with Crippen LogP contribution in [0.3, 0.4) is 0 Å². The molecule has 0 radical (unpaired) electrons. The zero-order valence-corrected chi connectivity index (χ0v) is 23.6. The first-order valence-corrected chi connectivity index (χ1v) is 14.6. The second-order valence-corrected chi connectivity index (χ2v) is 11.1. The molecule has 42 heavy (non-hydrogen) atoms. The SMILES string of the molecule is CCCOc1ccc(-n2nnnc2C(F)(F)F)cc1CN1C[C@@H]2CCCN2[C@H](C(c2ccccc2)c2ccccc2)C1. The van der Waals surface area contributed by atoms with Crippen LogP contribution in [0.4, 0.5) is 13.2 Å². The Morgan fingerprint density at radius 3 is 2.33 bits per heavy atom. The Balaban J connectivity index is 1.35. The van der Waals surface area contributed by atoms with Gasteiger partial charge in [0.25, 0.3) is 5.82 Å². The topological polar surface area (TPSA) is 59.3 Å². The van der Waals surface area contributed by atoms with Gasteiger partial charge in [-0.05, 0) is 65.6 Å². The highest BCUT2D eigenvalue weighted by Crippen LogP contribution is 2.38. The molecular formula is C32H35F3N6O. The highest BCUT2D eigenvalue weighted by atomic mass is 19.4. The Labute approximate surface area is 243 Å². The van der Waals surface area contributed by atoms with E-state index in [0.29, 0.717) is 24.9 Å². The smallest absolute Gasteiger partial charge is 0.453 e. The van der Waals surface area contributed by atoms with Gasteiger partial charge in [0.15, 0.2) is 0 Å². The van der Waals surface area contributed by atoms with Crippen molar-refractivity contribution in [2.45, 2.75) is 56.9 Å². The molecule has 0 unspecified atom stereocenters. The van der Waals surface area contributed by atoms with E-state index in [1.165, 1.54) is 11.1 Å². The van der Waals surface area contributed by atoms with Gasteiger partial charge in [0.2, 0.25) is 0 Å². The molecule has 2 fully saturated rings. The molecule has 0 amide bonds. The number of nitrogens with zero attached hydrogens (tertiary/aromatic N) is 6. The number of aromatic nitrogens is 4. The Kier molecular flexibility index (Phi) is 8.26. The summed E-state index contributed by atoms with van der Waals surface area (Å²) in [5.74, 6) is -0.285. The molecule has 2 saturated heterocycles. The summed E-state index contributed by atoms with van der Waals surface area (Å²) in [4.78, 5) is 5.13. The molecule has 0 bridgehead atoms. The van der Waals surface area contributed by atoms with Crippen LogP contribution >= 0.6 is 0 Å². The van der Waals surface area contributed by atoms with Crippen LogP contribution in [0.25, 0.3) is 5.69 Å². The van der Waals surface area contributed by atoms with Crippen LogP contribution in [0.1, 0.15) is 54.6 Å². The minimum absolute atomic E-state index is 0.188. The van der Waals surface area contributed by atoms with Gasteiger partial charge in [0.05, 0.1) is 12.3 Å². The van der Waals surface area contributed by atoms with Gasteiger partial charge < -0.3 is 4.74 Å². The van der Waals surface area contributed by atoms with Crippen LogP contribution in [-0.2, 0) is 12.7 Å². The quantitative estimate of drug-likeness (QED) is 0.246. The van der Waals surface area contributed by atoms with Crippen molar-refractivity contribution in [1.82, 2.24) is 30.0 Å². The fourth-order valence-corrected chi connectivity index (χ4v) is 6.57. The van der Waals surface area contributed by atoms with Crippen molar-refractivity contribution in [3.05, 3.63) is 101 Å². The molecule has 2 aliphatic heterocycles. The second-order valence-electron chi connectivity index (χ2n) is 11.1. The van der Waals surface area contributed by atoms with Crippen LogP contribution in [0.5, 0.6) is 5.75 Å². The lowest BCUT2D eigenvalue weighted by atomic mass is 9.82. The molecule has 4 aromatic rings. The van der Waals surface area contributed by atoms with Crippen molar-refractivity contribution < 1.29 is 17.9 Å². The summed E-state index contributed by atoms with van der Waals surface area (Å²) in [5.41, 5.74) is 3.65. The summed E-state index contributed by atoms with van der Waals surface area (Å²) in [6.45, 7) is 5.88. The first kappa shape index (κ1) is 28.4. The number of hydrogen-bond acceptors (Lipinski definition) is 6. The normalized spacial score (nSPS) is 19.7. The molecular weight excluding hydrogens is 541 g/mol. The molecule has 0 saturated carbocycles. The highest BCUT2D eigenvalue weighted by Gasteiger charge is 2.42. The number of rotatable bonds is 9. The van der Waals surface area contributed by atoms with Crippen LogP contribution in [0, 0.1) is 0 Å². The fraction of sp³-hybridized carbons (Fsp3) is 0.406. The van der Waals surface area contributed by atoms with Crippen LogP contribution < -0.4 is 4.74 Å². The van der Waals surface area contributed by atoms with Crippen molar-refractivity contribution in [3.63, 3.8) is 0 Å². The van der Waals surface area contributed by atoms with E-state index in [0.717, 1.165) is 49.1 Å². The maximum Gasteiger partial charge on any atom is 0.453 e. The van der Waals surface area contributed by atoms with Gasteiger partial charge >= 0.3 is 6.18 Å². The van der Waals surface area contributed by atoms with Gasteiger partial charge in [-0.1, -0.05) is 67.6 Å². The summed E-state index contributed by atoms with van der Waals surface area (Å²) in [5, 5.41) is 10.2. The number of alkyl halides is 3. The predicted molar refractivity (Wildman–Crippen MR) is 153 cm³/mol. The van der Waals surface area contributed by atoms with E-state index in [4.69, 9.17) is 4.74 Å². The molecule has 0 spiro atoms. The minimum Gasteiger partial charge on any atom is -0.493 e. The van der Waals surface area contributed by atoms with Crippen molar-refractivity contribution in [1.29, 1.82) is 0 Å². The summed E-state index contributed by atoms with van der Waals surface area (Å²) in [7, 11) is 0. The average molecular weight is 577 g/mol. The number of fused-ring (bicyclic) bond motifs is 1. The van der Waals surface area contributed by atoms with E-state index < -0.39 is 12.0 Å². The Bertz CT molecular complexity index is 1420. The van der Waals surface area contributed by atoms with E-state index in [-0.39, 0.29) is 17.6 Å². The zero-order chi connectivity index (χ0) is 29.1. The summed E-state index contributed by atoms with van der Waals surface area (Å²) in [6, 6.07) is 27.1. The standard InChI is InChI=1S/C32H35F3N6O/c1-2-18-42-29-16-15-26(41-31(32(33,34)35)36-37-38-41)19-25(29)20-39-21-27-14-9-17-40(27)28(22-39)30(23-10-5-3-6-11-23)24-12-7-4-8-13-24/h3-8,10-13,15-16,19,27-28,30H,2,9,14,17-18,20-22H2,1H3/t27-,28-/m0/s1. The van der Waals surface area contributed by atoms with E-state index in [1.807, 2.05) is 6.92 Å². The molecule has 10 heteroatoms. The van der Waals surface area contributed by atoms with Gasteiger partial charge in [-0.25, -0.2) is 0 Å². The maximum atomic E-state index is 13.6.